The van der Waals surface area contributed by atoms with Crippen LogP contribution in [0.25, 0.3) is 0 Å². The van der Waals surface area contributed by atoms with Crippen LogP contribution in [0.15, 0.2) is 6.07 Å². The molecule has 2 N–H and O–H groups in total. The minimum absolute atomic E-state index is 0.345. The van der Waals surface area contributed by atoms with Crippen LogP contribution < -0.4 is 5.84 Å². The van der Waals surface area contributed by atoms with Crippen LogP contribution in [0.4, 0.5) is 0 Å². The second-order valence-electron chi connectivity index (χ2n) is 3.97. The van der Waals surface area contributed by atoms with Crippen LogP contribution in [0.3, 0.4) is 0 Å². The Balaban J connectivity index is 2.11. The molecule has 0 spiro atoms. The summed E-state index contributed by atoms with van der Waals surface area (Å²) in [5.74, 6) is 5.86. The zero-order valence-corrected chi connectivity index (χ0v) is 9.31. The van der Waals surface area contributed by atoms with Crippen molar-refractivity contribution in [3.05, 3.63) is 17.5 Å². The molecule has 15 heavy (non-hydrogen) atoms. The first kappa shape index (κ1) is 10.6. The van der Waals surface area contributed by atoms with Gasteiger partial charge in [0, 0.05) is 12.6 Å². The topological polar surface area (TPSA) is 56.3 Å². The molecule has 84 valence electrons. The van der Waals surface area contributed by atoms with Crippen LogP contribution in [-0.2, 0) is 24.4 Å². The molecule has 0 fully saturated rings. The summed E-state index contributed by atoms with van der Waals surface area (Å²) in [5.41, 5.74) is 2.17. The molecule has 0 amide bonds. The Kier molecular flexibility index (Phi) is 3.04. The second-order valence-corrected chi connectivity index (χ2v) is 3.97. The van der Waals surface area contributed by atoms with E-state index in [-0.39, 0.29) is 0 Å². The highest BCUT2D eigenvalue weighted by Crippen LogP contribution is 2.15. The van der Waals surface area contributed by atoms with E-state index < -0.39 is 0 Å². The maximum Gasteiger partial charge on any atom is 0.0906 e. The number of nitrogens with two attached hydrogens (primary N) is 1. The van der Waals surface area contributed by atoms with Gasteiger partial charge in [-0.15, -0.1) is 0 Å². The highest BCUT2D eigenvalue weighted by molar-refractivity contribution is 5.11. The Labute approximate surface area is 89.8 Å². The Morgan fingerprint density at radius 3 is 3.20 bits per heavy atom. The lowest BCUT2D eigenvalue weighted by molar-refractivity contribution is 0.129. The van der Waals surface area contributed by atoms with Gasteiger partial charge in [0.05, 0.1) is 31.1 Å². The van der Waals surface area contributed by atoms with E-state index in [2.05, 4.69) is 18.1 Å². The van der Waals surface area contributed by atoms with Gasteiger partial charge in [0.1, 0.15) is 0 Å². The fourth-order valence-corrected chi connectivity index (χ4v) is 1.78. The van der Waals surface area contributed by atoms with Gasteiger partial charge in [0.15, 0.2) is 0 Å². The number of rotatable bonds is 3. The van der Waals surface area contributed by atoms with Crippen molar-refractivity contribution in [2.24, 2.45) is 5.84 Å². The average molecular weight is 210 g/mol. The number of ether oxygens (including phenoxy) is 1. The summed E-state index contributed by atoms with van der Waals surface area (Å²) >= 11 is 0. The second kappa shape index (κ2) is 4.30. The van der Waals surface area contributed by atoms with Crippen molar-refractivity contribution >= 4 is 0 Å². The van der Waals surface area contributed by atoms with E-state index in [0.29, 0.717) is 12.6 Å². The summed E-state index contributed by atoms with van der Waals surface area (Å²) in [6.45, 7) is 7.03. The molecule has 1 aromatic heterocycles. The monoisotopic (exact) mass is 210 g/mol. The Bertz CT molecular complexity index is 309. The van der Waals surface area contributed by atoms with E-state index in [1.807, 2.05) is 16.6 Å². The Morgan fingerprint density at radius 2 is 2.47 bits per heavy atom. The third-order valence-corrected chi connectivity index (χ3v) is 2.72. The van der Waals surface area contributed by atoms with E-state index >= 15 is 0 Å². The summed E-state index contributed by atoms with van der Waals surface area (Å²) in [7, 11) is 0. The van der Waals surface area contributed by atoms with Crippen molar-refractivity contribution in [2.75, 3.05) is 6.61 Å². The molecule has 0 aliphatic carbocycles. The lowest BCUT2D eigenvalue weighted by Gasteiger charge is -2.29. The fraction of sp³-hybridized carbons (Fsp3) is 0.700. The van der Waals surface area contributed by atoms with Gasteiger partial charge in [-0.25, -0.2) is 5.01 Å². The molecule has 0 saturated carbocycles. The fourth-order valence-electron chi connectivity index (χ4n) is 1.78. The summed E-state index contributed by atoms with van der Waals surface area (Å²) in [6.07, 6.45) is 0. The molecule has 5 heteroatoms. The number of hydrogen-bond donors (Lipinski definition) is 1. The van der Waals surface area contributed by atoms with Gasteiger partial charge >= 0.3 is 0 Å². The van der Waals surface area contributed by atoms with Gasteiger partial charge in [0.25, 0.3) is 0 Å². The van der Waals surface area contributed by atoms with Crippen LogP contribution in [0.1, 0.15) is 25.2 Å². The molecule has 1 atom stereocenters. The molecule has 0 saturated heterocycles. The Morgan fingerprint density at radius 1 is 1.67 bits per heavy atom. The van der Waals surface area contributed by atoms with Crippen LogP contribution in [0, 0.1) is 0 Å². The molecule has 2 rings (SSSR count). The smallest absolute Gasteiger partial charge is 0.0906 e. The van der Waals surface area contributed by atoms with Gasteiger partial charge in [-0.2, -0.15) is 5.10 Å². The van der Waals surface area contributed by atoms with E-state index in [1.54, 1.807) is 0 Å². The van der Waals surface area contributed by atoms with Crippen LogP contribution in [0.2, 0.25) is 0 Å². The standard InChI is InChI=1S/C10H18N4O/c1-3-15-7-9-4-10-6-13(11)8(2)5-14(10)12-9/h4,8H,3,5-7,11H2,1-2H3. The maximum absolute atomic E-state index is 5.86. The molecule has 1 unspecified atom stereocenters. The minimum atomic E-state index is 0.345. The summed E-state index contributed by atoms with van der Waals surface area (Å²) in [4.78, 5) is 0. The maximum atomic E-state index is 5.86. The average Bonchev–Trinajstić information content (AvgIpc) is 2.58. The van der Waals surface area contributed by atoms with Crippen LogP contribution >= 0.6 is 0 Å². The van der Waals surface area contributed by atoms with Crippen molar-refractivity contribution < 1.29 is 4.74 Å². The van der Waals surface area contributed by atoms with Crippen LogP contribution in [0.5, 0.6) is 0 Å². The largest absolute Gasteiger partial charge is 0.375 e. The summed E-state index contributed by atoms with van der Waals surface area (Å²) < 4.78 is 7.36. The molecule has 1 aliphatic heterocycles. The zero-order chi connectivity index (χ0) is 10.8. The van der Waals surface area contributed by atoms with Crippen molar-refractivity contribution in [3.63, 3.8) is 0 Å². The number of aromatic nitrogens is 2. The van der Waals surface area contributed by atoms with Crippen molar-refractivity contribution in [1.29, 1.82) is 0 Å². The molecular formula is C10H18N4O. The molecule has 0 radical (unpaired) electrons. The number of nitrogens with zero attached hydrogens (tertiary/aromatic N) is 3. The lowest BCUT2D eigenvalue weighted by Crippen LogP contribution is -2.45. The van der Waals surface area contributed by atoms with E-state index in [9.17, 15) is 0 Å². The predicted molar refractivity (Wildman–Crippen MR) is 56.7 cm³/mol. The van der Waals surface area contributed by atoms with E-state index in [4.69, 9.17) is 10.6 Å². The normalized spacial score (nSPS) is 21.7. The highest BCUT2D eigenvalue weighted by atomic mass is 16.5. The van der Waals surface area contributed by atoms with Gasteiger partial charge in [-0.3, -0.25) is 10.5 Å². The molecular weight excluding hydrogens is 192 g/mol. The minimum Gasteiger partial charge on any atom is -0.375 e. The quantitative estimate of drug-likeness (QED) is 0.738. The van der Waals surface area contributed by atoms with Crippen molar-refractivity contribution in [2.45, 2.75) is 39.6 Å². The summed E-state index contributed by atoms with van der Waals surface area (Å²) in [6, 6.07) is 2.42. The molecule has 1 aliphatic rings. The third kappa shape index (κ3) is 2.19. The molecule has 0 bridgehead atoms. The number of hydrazine groups is 1. The zero-order valence-electron chi connectivity index (χ0n) is 9.31. The SMILES string of the molecule is CCOCc1cc2n(n1)CC(C)N(N)C2. The lowest BCUT2D eigenvalue weighted by atomic mass is 10.2. The highest BCUT2D eigenvalue weighted by Gasteiger charge is 2.21. The van der Waals surface area contributed by atoms with Gasteiger partial charge in [-0.1, -0.05) is 0 Å². The van der Waals surface area contributed by atoms with Gasteiger partial charge in [-0.05, 0) is 19.9 Å². The third-order valence-electron chi connectivity index (χ3n) is 2.72. The molecule has 1 aromatic rings. The van der Waals surface area contributed by atoms with Crippen molar-refractivity contribution in [3.8, 4) is 0 Å². The summed E-state index contributed by atoms with van der Waals surface area (Å²) in [5, 5.41) is 6.33. The van der Waals surface area contributed by atoms with E-state index in [0.717, 1.165) is 25.4 Å². The predicted octanol–water partition coefficient (Wildman–Crippen LogP) is 0.497. The first-order chi connectivity index (χ1) is 7.20. The molecule has 0 aromatic carbocycles. The molecule has 5 nitrogen and oxygen atoms in total. The number of fused-ring (bicyclic) bond motifs is 1. The molecule has 2 heterocycles. The Hall–Kier alpha value is -0.910. The first-order valence-corrected chi connectivity index (χ1v) is 5.35. The number of hydrogen-bond acceptors (Lipinski definition) is 4. The van der Waals surface area contributed by atoms with Gasteiger partial charge < -0.3 is 4.74 Å². The van der Waals surface area contributed by atoms with Crippen molar-refractivity contribution in [1.82, 2.24) is 14.8 Å². The first-order valence-electron chi connectivity index (χ1n) is 5.35. The van der Waals surface area contributed by atoms with E-state index in [1.165, 1.54) is 5.69 Å². The van der Waals surface area contributed by atoms with Gasteiger partial charge in [0.2, 0.25) is 0 Å². The van der Waals surface area contributed by atoms with Crippen LogP contribution in [-0.4, -0.2) is 27.4 Å².